The molecule has 0 amide bonds. The Bertz CT molecular complexity index is 659. The summed E-state index contributed by atoms with van der Waals surface area (Å²) in [6, 6.07) is 0. The number of hydrogen-bond donors (Lipinski definition) is 0. The highest BCUT2D eigenvalue weighted by atomic mass is 16.5. The summed E-state index contributed by atoms with van der Waals surface area (Å²) in [7, 11) is 0. The van der Waals surface area contributed by atoms with Gasteiger partial charge in [-0.25, -0.2) is 0 Å². The quantitative estimate of drug-likeness (QED) is 0.418. The van der Waals surface area contributed by atoms with Crippen molar-refractivity contribution >= 4 is 11.8 Å². The third-order valence-electron chi connectivity index (χ3n) is 5.31. The van der Waals surface area contributed by atoms with Gasteiger partial charge in [0.1, 0.15) is 6.10 Å². The smallest absolute Gasteiger partial charge is 0.307 e. The lowest BCUT2D eigenvalue weighted by molar-refractivity contribution is -0.163. The van der Waals surface area contributed by atoms with E-state index in [0.717, 1.165) is 25.7 Å². The fourth-order valence-electron chi connectivity index (χ4n) is 3.62. The predicted molar refractivity (Wildman–Crippen MR) is 106 cm³/mol. The number of ether oxygens (including phenoxy) is 1. The normalized spacial score (nSPS) is 25.9. The number of carbonyl (C=O) groups excluding carboxylic acids is 2. The fourth-order valence-corrected chi connectivity index (χ4v) is 3.62. The van der Waals surface area contributed by atoms with E-state index >= 15 is 0 Å². The lowest BCUT2D eigenvalue weighted by atomic mass is 9.68. The molecule has 0 radical (unpaired) electrons. The summed E-state index contributed by atoms with van der Waals surface area (Å²) in [5, 5.41) is 0. The molecule has 0 unspecified atom stereocenters. The van der Waals surface area contributed by atoms with Gasteiger partial charge in [-0.05, 0) is 72.0 Å². The second-order valence-corrected chi connectivity index (χ2v) is 8.08. The lowest BCUT2D eigenvalue weighted by Crippen LogP contribution is -2.44. The Hall–Kier alpha value is -1.90. The van der Waals surface area contributed by atoms with Gasteiger partial charge in [-0.1, -0.05) is 34.9 Å². The number of hydrogen-bond acceptors (Lipinski definition) is 3. The molecule has 1 saturated heterocycles. The van der Waals surface area contributed by atoms with Crippen LogP contribution in [0, 0.1) is 5.41 Å². The summed E-state index contributed by atoms with van der Waals surface area (Å²) < 4.78 is 5.26. The van der Waals surface area contributed by atoms with Gasteiger partial charge in [0.05, 0.1) is 11.8 Å². The molecule has 0 aromatic rings. The molecule has 142 valence electrons. The van der Waals surface area contributed by atoms with Crippen LogP contribution in [0.2, 0.25) is 0 Å². The summed E-state index contributed by atoms with van der Waals surface area (Å²) in [5.74, 6) is -0.176. The zero-order chi connectivity index (χ0) is 19.2. The number of carbonyl (C=O) groups is 2. The van der Waals surface area contributed by atoms with Gasteiger partial charge in [0.25, 0.3) is 0 Å². The number of rotatable bonds is 8. The molecular formula is C23H32O3. The monoisotopic (exact) mass is 356 g/mol. The SMILES string of the molecule is CC(C)=CCC/C(C)=C/CC/C(C)=C/C[C@]12CC(=O)O[C@H](C=CC1=O)C2. The molecule has 1 aliphatic heterocycles. The molecule has 1 aliphatic carbocycles. The Kier molecular flexibility index (Phi) is 7.19. The lowest BCUT2D eigenvalue weighted by Gasteiger charge is -2.39. The maximum absolute atomic E-state index is 12.4. The van der Waals surface area contributed by atoms with Crippen LogP contribution in [0.25, 0.3) is 0 Å². The first-order chi connectivity index (χ1) is 12.3. The van der Waals surface area contributed by atoms with Gasteiger partial charge in [0.15, 0.2) is 5.78 Å². The van der Waals surface area contributed by atoms with Crippen LogP contribution in [0.1, 0.15) is 72.6 Å². The van der Waals surface area contributed by atoms with E-state index in [-0.39, 0.29) is 24.3 Å². The summed E-state index contributed by atoms with van der Waals surface area (Å²) >= 11 is 0. The standard InChI is InChI=1S/C23H32O3/c1-17(2)7-5-8-18(3)9-6-10-19(4)13-14-23-15-20(11-12-21(23)24)26-22(25)16-23/h7,9,11-13,20H,5-6,8,10,14-16H2,1-4H3/b18-9+,19-13+/t20-,23+/m1/s1. The Morgan fingerprint density at radius 3 is 2.42 bits per heavy atom. The molecule has 2 atom stereocenters. The maximum atomic E-state index is 12.4. The average Bonchev–Trinajstić information content (AvgIpc) is 2.56. The van der Waals surface area contributed by atoms with Crippen molar-refractivity contribution in [3.05, 3.63) is 47.1 Å². The number of esters is 1. The third-order valence-corrected chi connectivity index (χ3v) is 5.31. The first-order valence-electron chi connectivity index (χ1n) is 9.67. The van der Waals surface area contributed by atoms with Crippen molar-refractivity contribution < 1.29 is 14.3 Å². The summed E-state index contributed by atoms with van der Waals surface area (Å²) in [6.45, 7) is 8.57. The van der Waals surface area contributed by atoms with Crippen LogP contribution in [0.3, 0.4) is 0 Å². The minimum Gasteiger partial charge on any atom is -0.458 e. The van der Waals surface area contributed by atoms with Gasteiger partial charge in [-0.2, -0.15) is 0 Å². The van der Waals surface area contributed by atoms with Crippen molar-refractivity contribution in [1.82, 2.24) is 0 Å². The zero-order valence-electron chi connectivity index (χ0n) is 16.6. The van der Waals surface area contributed by atoms with E-state index in [1.54, 1.807) is 12.2 Å². The maximum Gasteiger partial charge on any atom is 0.307 e. The van der Waals surface area contributed by atoms with Crippen molar-refractivity contribution in [2.45, 2.75) is 78.7 Å². The van der Waals surface area contributed by atoms with Crippen LogP contribution in [-0.4, -0.2) is 17.9 Å². The van der Waals surface area contributed by atoms with Crippen LogP contribution in [0.4, 0.5) is 0 Å². The van der Waals surface area contributed by atoms with Crippen LogP contribution >= 0.6 is 0 Å². The topological polar surface area (TPSA) is 43.4 Å². The Morgan fingerprint density at radius 2 is 1.73 bits per heavy atom. The van der Waals surface area contributed by atoms with Crippen molar-refractivity contribution in [2.24, 2.45) is 5.41 Å². The highest BCUT2D eigenvalue weighted by molar-refractivity contribution is 5.99. The van der Waals surface area contributed by atoms with Gasteiger partial charge in [0, 0.05) is 6.42 Å². The van der Waals surface area contributed by atoms with Crippen molar-refractivity contribution in [1.29, 1.82) is 0 Å². The van der Waals surface area contributed by atoms with E-state index in [2.05, 4.69) is 45.9 Å². The minimum absolute atomic E-state index is 0.0736. The summed E-state index contributed by atoms with van der Waals surface area (Å²) in [6.07, 6.45) is 15.5. The Balaban J connectivity index is 1.86. The Morgan fingerprint density at radius 1 is 1.08 bits per heavy atom. The second kappa shape index (κ2) is 9.16. The zero-order valence-corrected chi connectivity index (χ0v) is 16.6. The molecule has 2 aliphatic rings. The summed E-state index contributed by atoms with van der Waals surface area (Å²) in [5.41, 5.74) is 3.51. The van der Waals surface area contributed by atoms with E-state index in [9.17, 15) is 9.59 Å². The van der Waals surface area contributed by atoms with Crippen molar-refractivity contribution in [3.63, 3.8) is 0 Å². The van der Waals surface area contributed by atoms with E-state index in [0.29, 0.717) is 12.8 Å². The Labute approximate surface area is 157 Å². The minimum atomic E-state index is -0.577. The van der Waals surface area contributed by atoms with Gasteiger partial charge in [0.2, 0.25) is 0 Å². The van der Waals surface area contributed by atoms with Gasteiger partial charge in [-0.15, -0.1) is 0 Å². The molecule has 2 bridgehead atoms. The van der Waals surface area contributed by atoms with Gasteiger partial charge in [-0.3, -0.25) is 9.59 Å². The van der Waals surface area contributed by atoms with Gasteiger partial charge >= 0.3 is 5.97 Å². The fraction of sp³-hybridized carbons (Fsp3) is 0.565. The van der Waals surface area contributed by atoms with Crippen LogP contribution in [0.5, 0.6) is 0 Å². The highest BCUT2D eigenvalue weighted by Crippen LogP contribution is 2.42. The molecule has 1 heterocycles. The number of ketones is 1. The molecule has 2 rings (SSSR count). The summed E-state index contributed by atoms with van der Waals surface area (Å²) in [4.78, 5) is 24.2. The van der Waals surface area contributed by atoms with Crippen LogP contribution in [0.15, 0.2) is 47.1 Å². The molecule has 0 aromatic heterocycles. The third kappa shape index (κ3) is 5.82. The van der Waals surface area contributed by atoms with Crippen molar-refractivity contribution in [3.8, 4) is 0 Å². The molecule has 26 heavy (non-hydrogen) atoms. The molecule has 0 saturated carbocycles. The van der Waals surface area contributed by atoms with Gasteiger partial charge < -0.3 is 4.74 Å². The molecule has 3 heteroatoms. The number of allylic oxidation sites excluding steroid dienone is 7. The highest BCUT2D eigenvalue weighted by Gasteiger charge is 2.46. The first-order valence-corrected chi connectivity index (χ1v) is 9.67. The molecule has 1 fully saturated rings. The average molecular weight is 357 g/mol. The molecule has 0 N–H and O–H groups in total. The first kappa shape index (κ1) is 20.4. The van der Waals surface area contributed by atoms with E-state index in [4.69, 9.17) is 4.74 Å². The molecule has 0 spiro atoms. The van der Waals surface area contributed by atoms with Crippen LogP contribution in [-0.2, 0) is 14.3 Å². The second-order valence-electron chi connectivity index (χ2n) is 8.08. The molecule has 0 aromatic carbocycles. The van der Waals surface area contributed by atoms with Crippen LogP contribution < -0.4 is 0 Å². The largest absolute Gasteiger partial charge is 0.458 e. The van der Waals surface area contributed by atoms with Crippen molar-refractivity contribution in [2.75, 3.05) is 0 Å². The van der Waals surface area contributed by atoms with E-state index < -0.39 is 5.41 Å². The molecular weight excluding hydrogens is 324 g/mol. The predicted octanol–water partition coefficient (Wildman–Crippen LogP) is 5.63. The molecule has 3 nitrogen and oxygen atoms in total. The number of fused-ring (bicyclic) bond motifs is 2. The van der Waals surface area contributed by atoms with E-state index in [1.807, 2.05) is 0 Å². The van der Waals surface area contributed by atoms with E-state index in [1.165, 1.54) is 16.7 Å².